The lowest BCUT2D eigenvalue weighted by Gasteiger charge is -2.12. The number of rotatable bonds is 4. The number of hydrogen-bond donors (Lipinski definition) is 1. The van der Waals surface area contributed by atoms with Crippen LogP contribution in [-0.2, 0) is 4.79 Å². The van der Waals surface area contributed by atoms with Crippen LogP contribution in [0.3, 0.4) is 0 Å². The molecular weight excluding hydrogens is 254 g/mol. The van der Waals surface area contributed by atoms with E-state index >= 15 is 0 Å². The Morgan fingerprint density at radius 1 is 1.00 bits per heavy atom. The highest BCUT2D eigenvalue weighted by molar-refractivity contribution is 7.99. The summed E-state index contributed by atoms with van der Waals surface area (Å²) >= 11 is 1.80. The number of carbonyl (C=O) groups excluding carboxylic acids is 1. The number of benzene rings is 2. The lowest BCUT2D eigenvalue weighted by molar-refractivity contribution is -0.117. The van der Waals surface area contributed by atoms with Gasteiger partial charge in [-0.1, -0.05) is 48.5 Å². The van der Waals surface area contributed by atoms with E-state index in [1.807, 2.05) is 0 Å². The van der Waals surface area contributed by atoms with Crippen molar-refractivity contribution in [3.05, 3.63) is 59.7 Å². The van der Waals surface area contributed by atoms with E-state index < -0.39 is 0 Å². The number of amides is 1. The average molecular weight is 269 g/mol. The van der Waals surface area contributed by atoms with E-state index in [1.54, 1.807) is 11.8 Å². The van der Waals surface area contributed by atoms with Crippen LogP contribution in [-0.4, -0.2) is 11.7 Å². The summed E-state index contributed by atoms with van der Waals surface area (Å²) in [5.41, 5.74) is 10.5. The summed E-state index contributed by atoms with van der Waals surface area (Å²) in [4.78, 5) is 10.9. The maximum atomic E-state index is 10.9. The molecule has 3 rings (SSSR count). The first-order valence-corrected chi connectivity index (χ1v) is 7.40. The standard InChI is InChI=1S/C16H15NOS/c17-15(18)9-10-19-16-13-7-3-1-5-11(13)12-6-2-4-8-14(12)16/h1-8,16H,9-10H2,(H2,17,18). The average Bonchev–Trinajstić information content (AvgIpc) is 2.74. The van der Waals surface area contributed by atoms with E-state index in [-0.39, 0.29) is 5.91 Å². The Balaban J connectivity index is 1.93. The van der Waals surface area contributed by atoms with Gasteiger partial charge < -0.3 is 5.73 Å². The second-order valence-electron chi connectivity index (χ2n) is 4.64. The predicted molar refractivity (Wildman–Crippen MR) is 80.0 cm³/mol. The fourth-order valence-corrected chi connectivity index (χ4v) is 3.89. The minimum Gasteiger partial charge on any atom is -0.370 e. The van der Waals surface area contributed by atoms with Crippen molar-refractivity contribution in [2.45, 2.75) is 11.7 Å². The molecule has 2 aromatic rings. The molecule has 19 heavy (non-hydrogen) atoms. The molecule has 0 saturated carbocycles. The smallest absolute Gasteiger partial charge is 0.218 e. The van der Waals surface area contributed by atoms with Gasteiger partial charge in [-0.05, 0) is 22.3 Å². The Morgan fingerprint density at radius 2 is 1.53 bits per heavy atom. The molecule has 0 aliphatic heterocycles. The van der Waals surface area contributed by atoms with Gasteiger partial charge in [0.2, 0.25) is 5.91 Å². The second-order valence-corrected chi connectivity index (χ2v) is 5.85. The summed E-state index contributed by atoms with van der Waals surface area (Å²) in [6.45, 7) is 0. The summed E-state index contributed by atoms with van der Waals surface area (Å²) < 4.78 is 0. The Hall–Kier alpha value is -1.74. The normalized spacial score (nSPS) is 13.1. The van der Waals surface area contributed by atoms with Crippen molar-refractivity contribution in [3.63, 3.8) is 0 Å². The van der Waals surface area contributed by atoms with Crippen LogP contribution in [0.15, 0.2) is 48.5 Å². The van der Waals surface area contributed by atoms with Gasteiger partial charge >= 0.3 is 0 Å². The molecule has 0 bridgehead atoms. The summed E-state index contributed by atoms with van der Waals surface area (Å²) in [5.74, 6) is 0.537. The Labute approximate surface area is 117 Å². The molecule has 0 fully saturated rings. The van der Waals surface area contributed by atoms with Crippen LogP contribution in [0.5, 0.6) is 0 Å². The largest absolute Gasteiger partial charge is 0.370 e. The van der Waals surface area contributed by atoms with Gasteiger partial charge in [-0.15, -0.1) is 11.8 Å². The zero-order valence-electron chi connectivity index (χ0n) is 10.5. The van der Waals surface area contributed by atoms with Gasteiger partial charge in [-0.3, -0.25) is 4.79 Å². The van der Waals surface area contributed by atoms with Crippen molar-refractivity contribution < 1.29 is 4.79 Å². The number of primary amides is 1. The molecule has 1 amide bonds. The molecule has 0 unspecified atom stereocenters. The van der Waals surface area contributed by atoms with Crippen LogP contribution < -0.4 is 5.73 Å². The van der Waals surface area contributed by atoms with E-state index in [9.17, 15) is 4.79 Å². The van der Waals surface area contributed by atoms with E-state index in [2.05, 4.69) is 48.5 Å². The number of nitrogens with two attached hydrogens (primary N) is 1. The number of fused-ring (bicyclic) bond motifs is 3. The lowest BCUT2D eigenvalue weighted by atomic mass is 10.1. The van der Waals surface area contributed by atoms with Gasteiger partial charge in [-0.25, -0.2) is 0 Å². The fraction of sp³-hybridized carbons (Fsp3) is 0.188. The summed E-state index contributed by atoms with van der Waals surface area (Å²) in [6, 6.07) is 17.0. The Bertz CT molecular complexity index is 578. The van der Waals surface area contributed by atoms with Gasteiger partial charge in [0.15, 0.2) is 0 Å². The highest BCUT2D eigenvalue weighted by Gasteiger charge is 2.27. The number of thioether (sulfide) groups is 1. The first kappa shape index (κ1) is 12.3. The van der Waals surface area contributed by atoms with Gasteiger partial charge in [0.25, 0.3) is 0 Å². The molecule has 0 spiro atoms. The molecule has 2 nitrogen and oxygen atoms in total. The third-order valence-electron chi connectivity index (χ3n) is 3.41. The fourth-order valence-electron chi connectivity index (χ4n) is 2.57. The molecule has 96 valence electrons. The van der Waals surface area contributed by atoms with Gasteiger partial charge in [-0.2, -0.15) is 0 Å². The highest BCUT2D eigenvalue weighted by atomic mass is 32.2. The number of hydrogen-bond acceptors (Lipinski definition) is 2. The van der Waals surface area contributed by atoms with Crippen LogP contribution >= 0.6 is 11.8 Å². The monoisotopic (exact) mass is 269 g/mol. The molecule has 0 saturated heterocycles. The van der Waals surface area contributed by atoms with Crippen molar-refractivity contribution in [2.24, 2.45) is 5.73 Å². The molecule has 0 atom stereocenters. The first-order chi connectivity index (χ1) is 9.27. The first-order valence-electron chi connectivity index (χ1n) is 6.35. The summed E-state index contributed by atoms with van der Waals surface area (Å²) in [7, 11) is 0. The van der Waals surface area contributed by atoms with Crippen LogP contribution in [0.25, 0.3) is 11.1 Å². The van der Waals surface area contributed by atoms with Crippen molar-refractivity contribution in [1.29, 1.82) is 0 Å². The maximum absolute atomic E-state index is 10.9. The van der Waals surface area contributed by atoms with Crippen molar-refractivity contribution in [1.82, 2.24) is 0 Å². The van der Waals surface area contributed by atoms with Crippen molar-refractivity contribution in [3.8, 4) is 11.1 Å². The minimum absolute atomic E-state index is 0.230. The molecule has 1 aliphatic rings. The SMILES string of the molecule is NC(=O)CCSC1c2ccccc2-c2ccccc21. The molecule has 3 heteroatoms. The van der Waals surface area contributed by atoms with Crippen LogP contribution in [0.1, 0.15) is 22.8 Å². The van der Waals surface area contributed by atoms with Crippen molar-refractivity contribution >= 4 is 17.7 Å². The van der Waals surface area contributed by atoms with Crippen molar-refractivity contribution in [2.75, 3.05) is 5.75 Å². The third kappa shape index (κ3) is 2.26. The Kier molecular flexibility index (Phi) is 3.30. The molecule has 0 aromatic heterocycles. The van der Waals surface area contributed by atoms with Crippen LogP contribution in [0.4, 0.5) is 0 Å². The predicted octanol–water partition coefficient (Wildman–Crippen LogP) is 3.37. The topological polar surface area (TPSA) is 43.1 Å². The summed E-state index contributed by atoms with van der Waals surface area (Å²) in [6.07, 6.45) is 0.436. The quantitative estimate of drug-likeness (QED) is 0.924. The van der Waals surface area contributed by atoms with E-state index in [1.165, 1.54) is 22.3 Å². The molecule has 2 aromatic carbocycles. The van der Waals surface area contributed by atoms with Gasteiger partial charge in [0.05, 0.1) is 5.25 Å². The molecule has 0 heterocycles. The second kappa shape index (κ2) is 5.10. The van der Waals surface area contributed by atoms with Gasteiger partial charge in [0, 0.05) is 12.2 Å². The van der Waals surface area contributed by atoms with Gasteiger partial charge in [0.1, 0.15) is 0 Å². The minimum atomic E-state index is -0.230. The van der Waals surface area contributed by atoms with Crippen LogP contribution in [0.2, 0.25) is 0 Å². The van der Waals surface area contributed by atoms with E-state index in [0.29, 0.717) is 11.7 Å². The zero-order chi connectivity index (χ0) is 13.2. The van der Waals surface area contributed by atoms with Crippen LogP contribution in [0, 0.1) is 0 Å². The zero-order valence-corrected chi connectivity index (χ0v) is 11.3. The third-order valence-corrected chi connectivity index (χ3v) is 4.69. The van der Waals surface area contributed by atoms with E-state index in [0.717, 1.165) is 5.75 Å². The maximum Gasteiger partial charge on any atom is 0.218 e. The van der Waals surface area contributed by atoms with E-state index in [4.69, 9.17) is 5.73 Å². The lowest BCUT2D eigenvalue weighted by Crippen LogP contribution is -2.11. The molecule has 2 N–H and O–H groups in total. The molecule has 1 aliphatic carbocycles. The highest BCUT2D eigenvalue weighted by Crippen LogP contribution is 2.49. The number of carbonyl (C=O) groups is 1. The molecule has 0 radical (unpaired) electrons. The molecular formula is C16H15NOS. The Morgan fingerprint density at radius 3 is 2.05 bits per heavy atom. The summed E-state index contributed by atoms with van der Waals surface area (Å²) in [5, 5.41) is 0.326.